The molecule has 4 aromatic rings. The van der Waals surface area contributed by atoms with Crippen molar-refractivity contribution >= 4 is 40.0 Å². The number of carbonyl (C=O) groups excluding carboxylic acids is 1. The fourth-order valence-electron chi connectivity index (χ4n) is 3.92. The molecule has 1 aliphatic rings. The van der Waals surface area contributed by atoms with Crippen LogP contribution in [0.2, 0.25) is 0 Å². The maximum Gasteiger partial charge on any atom is 0.247 e. The van der Waals surface area contributed by atoms with Crippen LogP contribution in [0.4, 0.5) is 23.0 Å². The van der Waals surface area contributed by atoms with E-state index in [1.807, 2.05) is 36.4 Å². The lowest BCUT2D eigenvalue weighted by Gasteiger charge is -2.34. The van der Waals surface area contributed by atoms with E-state index in [4.69, 9.17) is 4.98 Å². The summed E-state index contributed by atoms with van der Waals surface area (Å²) in [5.41, 5.74) is 4.23. The van der Waals surface area contributed by atoms with E-state index >= 15 is 0 Å². The predicted molar refractivity (Wildman–Crippen MR) is 135 cm³/mol. The molecule has 1 saturated heterocycles. The smallest absolute Gasteiger partial charge is 0.247 e. The molecular formula is C25H26N8O. The Kier molecular flexibility index (Phi) is 5.92. The average molecular weight is 455 g/mol. The Morgan fingerprint density at radius 2 is 1.79 bits per heavy atom. The van der Waals surface area contributed by atoms with Gasteiger partial charge in [0.15, 0.2) is 5.65 Å². The lowest BCUT2D eigenvalue weighted by molar-refractivity contribution is -0.111. The number of piperazine rings is 1. The first kappa shape index (κ1) is 21.6. The number of hydrogen-bond donors (Lipinski definition) is 2. The zero-order chi connectivity index (χ0) is 23.5. The van der Waals surface area contributed by atoms with Crippen LogP contribution in [0.1, 0.15) is 0 Å². The number of rotatable bonds is 6. The predicted octanol–water partition coefficient (Wildman–Crippen LogP) is 3.44. The Morgan fingerprint density at radius 1 is 1.00 bits per heavy atom. The lowest BCUT2D eigenvalue weighted by Crippen LogP contribution is -2.44. The van der Waals surface area contributed by atoms with Crippen LogP contribution in [-0.2, 0) is 4.79 Å². The molecule has 172 valence electrons. The summed E-state index contributed by atoms with van der Waals surface area (Å²) in [5, 5.41) is 11.3. The van der Waals surface area contributed by atoms with Crippen LogP contribution in [-0.4, -0.2) is 63.8 Å². The summed E-state index contributed by atoms with van der Waals surface area (Å²) < 4.78 is 1.72. The number of aromatic nitrogens is 4. The molecule has 0 atom stereocenters. The molecule has 0 saturated carbocycles. The lowest BCUT2D eigenvalue weighted by atomic mass is 10.2. The molecule has 0 spiro atoms. The molecule has 9 heteroatoms. The molecule has 1 amide bonds. The van der Waals surface area contributed by atoms with Crippen molar-refractivity contribution in [2.75, 3.05) is 48.8 Å². The number of carbonyl (C=O) groups is 1. The summed E-state index contributed by atoms with van der Waals surface area (Å²) in [6, 6.07) is 15.7. The molecule has 0 aliphatic carbocycles. The highest BCUT2D eigenvalue weighted by molar-refractivity contribution is 5.99. The first-order valence-electron chi connectivity index (χ1n) is 11.1. The van der Waals surface area contributed by atoms with Crippen LogP contribution in [0.3, 0.4) is 0 Å². The number of fused-ring (bicyclic) bond motifs is 1. The molecule has 0 unspecified atom stereocenters. The van der Waals surface area contributed by atoms with Crippen LogP contribution < -0.4 is 15.5 Å². The number of benzene rings is 2. The SMILES string of the molecule is C=CC(=O)Nc1cccc(-n2ncc3cnc(Nc4ccc(N5CCN(C)CC5)cc4)nc32)c1. The molecule has 2 N–H and O–H groups in total. The van der Waals surface area contributed by atoms with Crippen molar-refractivity contribution in [1.29, 1.82) is 0 Å². The van der Waals surface area contributed by atoms with Crippen LogP contribution in [0.15, 0.2) is 73.6 Å². The van der Waals surface area contributed by atoms with Gasteiger partial charge < -0.3 is 20.4 Å². The van der Waals surface area contributed by atoms with Crippen molar-refractivity contribution in [2.45, 2.75) is 0 Å². The minimum Gasteiger partial charge on any atom is -0.369 e. The van der Waals surface area contributed by atoms with E-state index in [2.05, 4.69) is 56.3 Å². The number of hydrogen-bond acceptors (Lipinski definition) is 7. The zero-order valence-corrected chi connectivity index (χ0v) is 19.0. The third kappa shape index (κ3) is 4.60. The van der Waals surface area contributed by atoms with Gasteiger partial charge in [-0.15, -0.1) is 0 Å². The highest BCUT2D eigenvalue weighted by atomic mass is 16.1. The first-order valence-corrected chi connectivity index (χ1v) is 11.1. The van der Waals surface area contributed by atoms with Gasteiger partial charge >= 0.3 is 0 Å². The van der Waals surface area contributed by atoms with Gasteiger partial charge in [-0.3, -0.25) is 4.79 Å². The Balaban J connectivity index is 1.36. The summed E-state index contributed by atoms with van der Waals surface area (Å²) >= 11 is 0. The fourth-order valence-corrected chi connectivity index (χ4v) is 3.92. The van der Waals surface area contributed by atoms with Crippen LogP contribution >= 0.6 is 0 Å². The molecule has 1 fully saturated rings. The van der Waals surface area contributed by atoms with Crippen molar-refractivity contribution in [3.05, 3.63) is 73.6 Å². The quantitative estimate of drug-likeness (QED) is 0.431. The van der Waals surface area contributed by atoms with E-state index in [0.717, 1.165) is 42.9 Å². The highest BCUT2D eigenvalue weighted by Crippen LogP contribution is 2.23. The maximum atomic E-state index is 11.6. The topological polar surface area (TPSA) is 91.2 Å². The van der Waals surface area contributed by atoms with E-state index in [1.165, 1.54) is 11.8 Å². The van der Waals surface area contributed by atoms with Gasteiger partial charge in [0.2, 0.25) is 11.9 Å². The van der Waals surface area contributed by atoms with Crippen LogP contribution in [0, 0.1) is 0 Å². The Hall–Kier alpha value is -4.24. The largest absolute Gasteiger partial charge is 0.369 e. The van der Waals surface area contributed by atoms with Crippen molar-refractivity contribution in [2.24, 2.45) is 0 Å². The number of likely N-dealkylation sites (N-methyl/N-ethyl adjacent to an activating group) is 1. The van der Waals surface area contributed by atoms with Crippen molar-refractivity contribution in [1.82, 2.24) is 24.6 Å². The van der Waals surface area contributed by atoms with Gasteiger partial charge in [-0.25, -0.2) is 9.67 Å². The van der Waals surface area contributed by atoms with Gasteiger partial charge in [0.25, 0.3) is 0 Å². The molecule has 0 bridgehead atoms. The number of nitrogens with one attached hydrogen (secondary N) is 2. The van der Waals surface area contributed by atoms with E-state index < -0.39 is 0 Å². The Morgan fingerprint density at radius 3 is 2.56 bits per heavy atom. The summed E-state index contributed by atoms with van der Waals surface area (Å²) in [6.45, 7) is 7.70. The summed E-state index contributed by atoms with van der Waals surface area (Å²) in [5.74, 6) is 0.215. The minimum absolute atomic E-state index is 0.269. The van der Waals surface area contributed by atoms with Gasteiger partial charge in [-0.05, 0) is 55.6 Å². The standard InChI is InChI=1S/C25H26N8O/c1-3-23(34)28-20-5-4-6-22(15-20)33-24-18(17-27-33)16-26-25(30-24)29-19-7-9-21(10-8-19)32-13-11-31(2)12-14-32/h3-10,15-17H,1,11-14H2,2H3,(H,28,34)(H,26,29,30). The molecule has 0 radical (unpaired) electrons. The van der Waals surface area contributed by atoms with Crippen LogP contribution in [0.5, 0.6) is 0 Å². The summed E-state index contributed by atoms with van der Waals surface area (Å²) in [7, 11) is 2.16. The second-order valence-electron chi connectivity index (χ2n) is 8.23. The highest BCUT2D eigenvalue weighted by Gasteiger charge is 2.14. The van der Waals surface area contributed by atoms with E-state index in [9.17, 15) is 4.79 Å². The third-order valence-corrected chi connectivity index (χ3v) is 5.84. The Labute approximate surface area is 197 Å². The second-order valence-corrected chi connectivity index (χ2v) is 8.23. The van der Waals surface area contributed by atoms with E-state index in [1.54, 1.807) is 17.1 Å². The number of anilines is 4. The summed E-state index contributed by atoms with van der Waals surface area (Å²) in [6.07, 6.45) is 4.70. The maximum absolute atomic E-state index is 11.6. The van der Waals surface area contributed by atoms with Gasteiger partial charge in [-0.2, -0.15) is 10.1 Å². The molecule has 9 nitrogen and oxygen atoms in total. The van der Waals surface area contributed by atoms with E-state index in [-0.39, 0.29) is 5.91 Å². The van der Waals surface area contributed by atoms with Gasteiger partial charge in [0.1, 0.15) is 0 Å². The molecular weight excluding hydrogens is 428 g/mol. The number of nitrogens with zero attached hydrogens (tertiary/aromatic N) is 6. The molecule has 2 aromatic heterocycles. The van der Waals surface area contributed by atoms with Crippen molar-refractivity contribution < 1.29 is 4.79 Å². The van der Waals surface area contributed by atoms with E-state index in [0.29, 0.717) is 17.3 Å². The van der Waals surface area contributed by atoms with Gasteiger partial charge in [0.05, 0.1) is 17.3 Å². The van der Waals surface area contributed by atoms with Gasteiger partial charge in [-0.1, -0.05) is 12.6 Å². The molecule has 5 rings (SSSR count). The Bertz CT molecular complexity index is 1320. The second kappa shape index (κ2) is 9.32. The molecule has 1 aliphatic heterocycles. The first-order chi connectivity index (χ1) is 16.6. The monoisotopic (exact) mass is 454 g/mol. The van der Waals surface area contributed by atoms with Crippen molar-refractivity contribution in [3.8, 4) is 5.69 Å². The average Bonchev–Trinajstić information content (AvgIpc) is 3.28. The zero-order valence-electron chi connectivity index (χ0n) is 19.0. The van der Waals surface area contributed by atoms with Gasteiger partial charge in [0, 0.05) is 49.4 Å². The molecule has 3 heterocycles. The van der Waals surface area contributed by atoms with Crippen LogP contribution in [0.25, 0.3) is 16.7 Å². The molecule has 34 heavy (non-hydrogen) atoms. The summed E-state index contributed by atoms with van der Waals surface area (Å²) in [4.78, 5) is 25.5. The normalized spacial score (nSPS) is 14.2. The fraction of sp³-hybridized carbons (Fsp3) is 0.200. The number of amides is 1. The van der Waals surface area contributed by atoms with Crippen molar-refractivity contribution in [3.63, 3.8) is 0 Å². The molecule has 2 aromatic carbocycles. The third-order valence-electron chi connectivity index (χ3n) is 5.84. The minimum atomic E-state index is -0.269.